The molecule has 0 aromatic heterocycles. The molecule has 0 unspecified atom stereocenters. The topological polar surface area (TPSA) is 43.2 Å². The van der Waals surface area contributed by atoms with E-state index in [4.69, 9.17) is 0 Å². The third-order valence-corrected chi connectivity index (χ3v) is 2.45. The third kappa shape index (κ3) is 1.77. The number of carbonyl (C=O) groups excluding carboxylic acids is 1. The zero-order valence-electron chi connectivity index (χ0n) is 6.88. The first-order valence-electron chi connectivity index (χ1n) is 4.01. The lowest BCUT2D eigenvalue weighted by atomic mass is 10.1. The Labute approximate surface area is 90.0 Å². The fraction of sp³-hybridized carbons (Fsp3) is 0.222. The number of hydrogen-bond acceptors (Lipinski definition) is 1. The Balaban J connectivity index is 2.29. The number of carbonyl (C=O) groups is 1. The van der Waals surface area contributed by atoms with Gasteiger partial charge in [0.2, 0.25) is 0 Å². The lowest BCUT2D eigenvalue weighted by Gasteiger charge is -1.99. The molecule has 1 aliphatic rings. The van der Waals surface area contributed by atoms with Gasteiger partial charge >= 0.3 is 6.03 Å². The van der Waals surface area contributed by atoms with Crippen LogP contribution in [0.3, 0.4) is 0 Å². The maximum absolute atomic E-state index is 10.9. The van der Waals surface area contributed by atoms with Crippen molar-refractivity contribution < 1.29 is 4.79 Å². The number of halogens is 1. The Morgan fingerprint density at radius 1 is 1.46 bits per heavy atom. The summed E-state index contributed by atoms with van der Waals surface area (Å²) in [4.78, 5) is 10.9. The van der Waals surface area contributed by atoms with Crippen LogP contribution in [-0.4, -0.2) is 10.5 Å². The monoisotopic (exact) mass is 287 g/mol. The molecule has 67 valence electrons. The van der Waals surface area contributed by atoms with Gasteiger partial charge in [0.15, 0.2) is 0 Å². The molecular formula is C9H8IN2O. The molecule has 13 heavy (non-hydrogen) atoms. The summed E-state index contributed by atoms with van der Waals surface area (Å²) in [7, 11) is 0. The second-order valence-electron chi connectivity index (χ2n) is 2.83. The van der Waals surface area contributed by atoms with E-state index < -0.39 is 0 Å². The third-order valence-electron chi connectivity index (χ3n) is 1.91. The van der Waals surface area contributed by atoms with E-state index in [9.17, 15) is 4.79 Å². The molecule has 1 heterocycles. The lowest BCUT2D eigenvalue weighted by Crippen LogP contribution is -2.08. The highest BCUT2D eigenvalue weighted by molar-refractivity contribution is 14.1. The van der Waals surface area contributed by atoms with E-state index in [1.165, 1.54) is 5.56 Å². The first-order chi connectivity index (χ1) is 6.29. The van der Waals surface area contributed by atoms with Crippen LogP contribution in [0.5, 0.6) is 0 Å². The predicted molar refractivity (Wildman–Crippen MR) is 59.8 cm³/mol. The van der Waals surface area contributed by atoms with E-state index in [0.717, 1.165) is 22.2 Å². The Bertz CT molecular complexity index is 351. The van der Waals surface area contributed by atoms with Crippen LogP contribution < -0.4 is 10.6 Å². The van der Waals surface area contributed by atoms with Crippen molar-refractivity contribution in [1.82, 2.24) is 5.32 Å². The average molecular weight is 287 g/mol. The van der Waals surface area contributed by atoms with E-state index in [-0.39, 0.29) is 6.03 Å². The molecule has 2 rings (SSSR count). The largest absolute Gasteiger partial charge is 0.346 e. The van der Waals surface area contributed by atoms with E-state index in [0.29, 0.717) is 0 Å². The molecule has 1 aromatic carbocycles. The van der Waals surface area contributed by atoms with Gasteiger partial charge in [-0.1, -0.05) is 28.7 Å². The van der Waals surface area contributed by atoms with Gasteiger partial charge in [0.1, 0.15) is 0 Å². The number of fused-ring (bicyclic) bond motifs is 1. The normalized spacial score (nSPS) is 13.5. The maximum Gasteiger partial charge on any atom is 0.346 e. The highest BCUT2D eigenvalue weighted by Crippen LogP contribution is 2.28. The van der Waals surface area contributed by atoms with E-state index in [1.54, 1.807) is 0 Å². The molecule has 0 spiro atoms. The van der Waals surface area contributed by atoms with Crippen molar-refractivity contribution in [2.24, 2.45) is 0 Å². The van der Waals surface area contributed by atoms with Gasteiger partial charge in [-0.2, -0.15) is 5.32 Å². The fourth-order valence-corrected chi connectivity index (χ4v) is 1.92. The van der Waals surface area contributed by atoms with Crippen molar-refractivity contribution in [3.8, 4) is 0 Å². The molecule has 0 atom stereocenters. The highest BCUT2D eigenvalue weighted by atomic mass is 127. The van der Waals surface area contributed by atoms with Crippen LogP contribution in [-0.2, 0) is 6.42 Å². The summed E-state index contributed by atoms with van der Waals surface area (Å²) in [5.41, 5.74) is 2.82. The van der Waals surface area contributed by atoms with Crippen LogP contribution in [0.2, 0.25) is 0 Å². The number of urea groups is 1. The van der Waals surface area contributed by atoms with Crippen molar-refractivity contribution in [3.63, 3.8) is 0 Å². The van der Waals surface area contributed by atoms with Gasteiger partial charge < -0.3 is 5.32 Å². The summed E-state index contributed by atoms with van der Waals surface area (Å²) in [6.45, 7) is 0. The summed E-state index contributed by atoms with van der Waals surface area (Å²) in [5.74, 6) is 0. The van der Waals surface area contributed by atoms with Crippen molar-refractivity contribution >= 4 is 40.0 Å². The van der Waals surface area contributed by atoms with E-state index in [2.05, 4.69) is 33.2 Å². The highest BCUT2D eigenvalue weighted by Gasteiger charge is 2.18. The van der Waals surface area contributed by atoms with Crippen LogP contribution in [0.4, 0.5) is 16.2 Å². The second-order valence-corrected chi connectivity index (χ2v) is 3.91. The number of amides is 2. The average Bonchev–Trinajstić information content (AvgIpc) is 2.44. The van der Waals surface area contributed by atoms with Crippen LogP contribution in [0.25, 0.3) is 0 Å². The van der Waals surface area contributed by atoms with Gasteiger partial charge in [0.25, 0.3) is 0 Å². The molecule has 0 bridgehead atoms. The molecule has 0 saturated heterocycles. The first kappa shape index (κ1) is 8.80. The molecular weight excluding hydrogens is 279 g/mol. The number of hydrogen-bond donors (Lipinski definition) is 1. The van der Waals surface area contributed by atoms with Gasteiger partial charge in [-0.25, -0.2) is 4.79 Å². The molecule has 4 heteroatoms. The number of rotatable bonds is 2. The molecule has 1 aromatic rings. The van der Waals surface area contributed by atoms with Gasteiger partial charge in [-0.15, -0.1) is 0 Å². The minimum absolute atomic E-state index is 0.262. The molecule has 0 aliphatic carbocycles. The molecule has 3 nitrogen and oxygen atoms in total. The number of alkyl halides is 1. The SMILES string of the molecule is O=C1[N]c2cc(CCI)ccc2N1. The molecule has 2 amide bonds. The Kier molecular flexibility index (Phi) is 2.39. The molecule has 1 N–H and O–H groups in total. The molecule has 1 aliphatic heterocycles. The van der Waals surface area contributed by atoms with Crippen molar-refractivity contribution in [3.05, 3.63) is 23.8 Å². The van der Waals surface area contributed by atoms with Gasteiger partial charge in [0.05, 0.1) is 11.4 Å². The minimum atomic E-state index is -0.262. The van der Waals surface area contributed by atoms with Crippen molar-refractivity contribution in [1.29, 1.82) is 0 Å². The van der Waals surface area contributed by atoms with Gasteiger partial charge in [-0.3, -0.25) is 0 Å². The van der Waals surface area contributed by atoms with Crippen molar-refractivity contribution in [2.45, 2.75) is 6.42 Å². The summed E-state index contributed by atoms with van der Waals surface area (Å²) in [5, 5.41) is 6.50. The summed E-state index contributed by atoms with van der Waals surface area (Å²) >= 11 is 2.33. The standard InChI is InChI=1S/C9H8IN2O/c10-4-3-6-1-2-7-8(5-6)12-9(13)11-7/h1-2,5H,3-4H2,(H,11,13). The number of anilines is 1. The second kappa shape index (κ2) is 3.53. The van der Waals surface area contributed by atoms with E-state index >= 15 is 0 Å². The molecule has 0 saturated carbocycles. The van der Waals surface area contributed by atoms with Crippen LogP contribution in [0, 0.1) is 0 Å². The van der Waals surface area contributed by atoms with Gasteiger partial charge in [0, 0.05) is 4.43 Å². The summed E-state index contributed by atoms with van der Waals surface area (Å²) in [6, 6.07) is 5.64. The Hall–Kier alpha value is -0.780. The zero-order valence-corrected chi connectivity index (χ0v) is 9.04. The maximum atomic E-state index is 10.9. The fourth-order valence-electron chi connectivity index (χ4n) is 1.29. The minimum Gasteiger partial charge on any atom is -0.304 e. The Morgan fingerprint density at radius 3 is 3.08 bits per heavy atom. The van der Waals surface area contributed by atoms with Gasteiger partial charge in [-0.05, 0) is 24.1 Å². The quantitative estimate of drug-likeness (QED) is 0.659. The lowest BCUT2D eigenvalue weighted by molar-refractivity contribution is 0.256. The number of nitrogens with zero attached hydrogens (tertiary/aromatic N) is 1. The van der Waals surface area contributed by atoms with Crippen LogP contribution >= 0.6 is 22.6 Å². The number of benzene rings is 1. The first-order valence-corrected chi connectivity index (χ1v) is 5.54. The van der Waals surface area contributed by atoms with Crippen LogP contribution in [0.15, 0.2) is 18.2 Å². The number of aryl methyl sites for hydroxylation is 1. The van der Waals surface area contributed by atoms with E-state index in [1.807, 2.05) is 18.2 Å². The summed E-state index contributed by atoms with van der Waals surface area (Å²) in [6.07, 6.45) is 1.03. The Morgan fingerprint density at radius 2 is 2.31 bits per heavy atom. The van der Waals surface area contributed by atoms with Crippen molar-refractivity contribution in [2.75, 3.05) is 9.74 Å². The smallest absolute Gasteiger partial charge is 0.304 e. The number of nitrogens with one attached hydrogen (secondary N) is 1. The predicted octanol–water partition coefficient (Wildman–Crippen LogP) is 2.45. The zero-order chi connectivity index (χ0) is 9.26. The summed E-state index contributed by atoms with van der Waals surface area (Å²) < 4.78 is 1.08. The molecule has 0 fully saturated rings. The van der Waals surface area contributed by atoms with Crippen LogP contribution in [0.1, 0.15) is 5.56 Å². The molecule has 1 radical (unpaired) electrons.